The Morgan fingerprint density at radius 1 is 1.05 bits per heavy atom. The molecule has 0 radical (unpaired) electrons. The van der Waals surface area contributed by atoms with Crippen molar-refractivity contribution in [3.8, 4) is 0 Å². The van der Waals surface area contributed by atoms with E-state index in [2.05, 4.69) is 17.0 Å². The summed E-state index contributed by atoms with van der Waals surface area (Å²) in [6.45, 7) is 1.72. The quantitative estimate of drug-likeness (QED) is 0.757. The van der Waals surface area contributed by atoms with Crippen LogP contribution in [0.3, 0.4) is 0 Å². The maximum Gasteiger partial charge on any atom is 0.159 e. The number of hydrogen-bond donors (Lipinski definition) is 0. The van der Waals surface area contributed by atoms with Gasteiger partial charge >= 0.3 is 0 Å². The van der Waals surface area contributed by atoms with E-state index in [4.69, 9.17) is 0 Å². The van der Waals surface area contributed by atoms with Crippen LogP contribution in [0.4, 0.5) is 8.78 Å². The van der Waals surface area contributed by atoms with Gasteiger partial charge < -0.3 is 4.90 Å². The van der Waals surface area contributed by atoms with Crippen molar-refractivity contribution >= 4 is 0 Å². The van der Waals surface area contributed by atoms with Crippen molar-refractivity contribution in [1.82, 2.24) is 4.90 Å². The van der Waals surface area contributed by atoms with Gasteiger partial charge in [0.1, 0.15) is 0 Å². The van der Waals surface area contributed by atoms with E-state index in [1.807, 2.05) is 19.2 Å². The molecule has 3 heteroatoms. The van der Waals surface area contributed by atoms with Crippen LogP contribution in [0.2, 0.25) is 0 Å². The number of benzene rings is 2. The molecule has 98 valence electrons. The summed E-state index contributed by atoms with van der Waals surface area (Å²) in [5, 5.41) is 0. The van der Waals surface area contributed by atoms with Crippen LogP contribution < -0.4 is 0 Å². The fourth-order valence-electron chi connectivity index (χ4n) is 2.80. The number of likely N-dealkylation sites (N-methyl/N-ethyl adjacent to an activating group) is 1. The summed E-state index contributed by atoms with van der Waals surface area (Å²) in [4.78, 5) is 2.20. The van der Waals surface area contributed by atoms with Crippen molar-refractivity contribution in [3.63, 3.8) is 0 Å². The highest BCUT2D eigenvalue weighted by molar-refractivity contribution is 5.40. The van der Waals surface area contributed by atoms with Crippen LogP contribution in [0.1, 0.15) is 22.6 Å². The molecule has 0 unspecified atom stereocenters. The molecule has 2 aromatic rings. The van der Waals surface area contributed by atoms with E-state index >= 15 is 0 Å². The SMILES string of the molecule is CN1Cc2ccccc2[C@H](c2ccc(F)c(F)c2)C1. The van der Waals surface area contributed by atoms with Gasteiger partial charge in [-0.25, -0.2) is 8.78 Å². The molecular formula is C16H15F2N. The standard InChI is InChI=1S/C16H15F2N/c1-19-9-12-4-2-3-5-13(12)14(10-19)11-6-7-15(17)16(18)8-11/h2-8,14H,9-10H2,1H3/t14-/m0/s1. The molecule has 0 spiro atoms. The minimum absolute atomic E-state index is 0.102. The van der Waals surface area contributed by atoms with Gasteiger partial charge in [0.05, 0.1) is 0 Å². The second-order valence-corrected chi connectivity index (χ2v) is 5.12. The molecule has 0 bridgehead atoms. The van der Waals surface area contributed by atoms with E-state index in [0.29, 0.717) is 0 Å². The summed E-state index contributed by atoms with van der Waals surface area (Å²) < 4.78 is 26.5. The van der Waals surface area contributed by atoms with E-state index in [0.717, 1.165) is 18.7 Å². The van der Waals surface area contributed by atoms with Crippen LogP contribution in [-0.4, -0.2) is 18.5 Å². The van der Waals surface area contributed by atoms with Crippen LogP contribution in [0.15, 0.2) is 42.5 Å². The normalized spacial score (nSPS) is 19.2. The summed E-state index contributed by atoms with van der Waals surface area (Å²) in [7, 11) is 2.04. The van der Waals surface area contributed by atoms with Crippen molar-refractivity contribution in [2.75, 3.05) is 13.6 Å². The first-order valence-electron chi connectivity index (χ1n) is 6.36. The Hall–Kier alpha value is -1.74. The van der Waals surface area contributed by atoms with Gasteiger partial charge in [0.25, 0.3) is 0 Å². The van der Waals surface area contributed by atoms with E-state index in [1.54, 1.807) is 6.07 Å². The van der Waals surface area contributed by atoms with Gasteiger partial charge in [0.2, 0.25) is 0 Å². The Balaban J connectivity index is 2.07. The number of fused-ring (bicyclic) bond motifs is 1. The lowest BCUT2D eigenvalue weighted by Gasteiger charge is -2.32. The van der Waals surface area contributed by atoms with Gasteiger partial charge in [-0.2, -0.15) is 0 Å². The van der Waals surface area contributed by atoms with Crippen molar-refractivity contribution in [3.05, 3.63) is 70.8 Å². The molecule has 1 aliphatic rings. The van der Waals surface area contributed by atoms with Gasteiger partial charge in [-0.3, -0.25) is 0 Å². The third kappa shape index (κ3) is 2.26. The lowest BCUT2D eigenvalue weighted by atomic mass is 9.85. The molecule has 0 fully saturated rings. The monoisotopic (exact) mass is 259 g/mol. The van der Waals surface area contributed by atoms with Crippen LogP contribution in [0, 0.1) is 11.6 Å². The zero-order valence-corrected chi connectivity index (χ0v) is 10.7. The highest BCUT2D eigenvalue weighted by atomic mass is 19.2. The molecule has 0 saturated heterocycles. The number of rotatable bonds is 1. The third-order valence-corrected chi connectivity index (χ3v) is 3.71. The van der Waals surface area contributed by atoms with Gasteiger partial charge in [-0.05, 0) is 35.9 Å². The molecule has 1 heterocycles. The summed E-state index contributed by atoms with van der Waals surface area (Å²) in [5.74, 6) is -1.46. The average Bonchev–Trinajstić information content (AvgIpc) is 2.41. The van der Waals surface area contributed by atoms with Crippen LogP contribution in [-0.2, 0) is 6.54 Å². The molecule has 0 saturated carbocycles. The molecule has 0 amide bonds. The fraction of sp³-hybridized carbons (Fsp3) is 0.250. The Labute approximate surface area is 111 Å². The first kappa shape index (κ1) is 12.3. The highest BCUT2D eigenvalue weighted by Crippen LogP contribution is 2.33. The molecule has 3 rings (SSSR count). The lowest BCUT2D eigenvalue weighted by Crippen LogP contribution is -2.30. The Morgan fingerprint density at radius 2 is 1.84 bits per heavy atom. The Kier molecular flexibility index (Phi) is 3.07. The zero-order chi connectivity index (χ0) is 13.4. The minimum Gasteiger partial charge on any atom is -0.301 e. The second kappa shape index (κ2) is 4.74. The zero-order valence-electron chi connectivity index (χ0n) is 10.7. The number of halogens is 2. The van der Waals surface area contributed by atoms with E-state index in [1.165, 1.54) is 23.3 Å². The number of hydrogen-bond acceptors (Lipinski definition) is 1. The van der Waals surface area contributed by atoms with E-state index in [9.17, 15) is 8.78 Å². The Morgan fingerprint density at radius 3 is 2.63 bits per heavy atom. The van der Waals surface area contributed by atoms with Crippen LogP contribution in [0.5, 0.6) is 0 Å². The summed E-state index contributed by atoms with van der Waals surface area (Å²) in [5.41, 5.74) is 3.30. The van der Waals surface area contributed by atoms with Crippen molar-refractivity contribution < 1.29 is 8.78 Å². The maximum atomic E-state index is 13.4. The molecule has 0 N–H and O–H groups in total. The summed E-state index contributed by atoms with van der Waals surface area (Å²) in [6.07, 6.45) is 0. The molecule has 2 aromatic carbocycles. The largest absolute Gasteiger partial charge is 0.301 e. The summed E-state index contributed by atoms with van der Waals surface area (Å²) >= 11 is 0. The predicted molar refractivity (Wildman–Crippen MR) is 71.0 cm³/mol. The number of nitrogens with zero attached hydrogens (tertiary/aromatic N) is 1. The highest BCUT2D eigenvalue weighted by Gasteiger charge is 2.24. The van der Waals surface area contributed by atoms with Crippen molar-refractivity contribution in [2.45, 2.75) is 12.5 Å². The average molecular weight is 259 g/mol. The molecule has 19 heavy (non-hydrogen) atoms. The fourth-order valence-corrected chi connectivity index (χ4v) is 2.80. The van der Waals surface area contributed by atoms with Crippen molar-refractivity contribution in [1.29, 1.82) is 0 Å². The van der Waals surface area contributed by atoms with Gasteiger partial charge in [-0.15, -0.1) is 0 Å². The van der Waals surface area contributed by atoms with Gasteiger partial charge in [0, 0.05) is 19.0 Å². The first-order chi connectivity index (χ1) is 9.15. The van der Waals surface area contributed by atoms with Crippen molar-refractivity contribution in [2.24, 2.45) is 0 Å². The van der Waals surface area contributed by atoms with E-state index < -0.39 is 11.6 Å². The molecule has 1 nitrogen and oxygen atoms in total. The van der Waals surface area contributed by atoms with Gasteiger partial charge in [-0.1, -0.05) is 30.3 Å². The smallest absolute Gasteiger partial charge is 0.159 e. The van der Waals surface area contributed by atoms with Gasteiger partial charge in [0.15, 0.2) is 11.6 Å². The third-order valence-electron chi connectivity index (χ3n) is 3.71. The topological polar surface area (TPSA) is 3.24 Å². The van der Waals surface area contributed by atoms with Crippen LogP contribution >= 0.6 is 0 Å². The van der Waals surface area contributed by atoms with E-state index in [-0.39, 0.29) is 5.92 Å². The second-order valence-electron chi connectivity index (χ2n) is 5.12. The molecular weight excluding hydrogens is 244 g/mol. The molecule has 0 aromatic heterocycles. The van der Waals surface area contributed by atoms with Crippen LogP contribution in [0.25, 0.3) is 0 Å². The first-order valence-corrected chi connectivity index (χ1v) is 6.36. The lowest BCUT2D eigenvalue weighted by molar-refractivity contribution is 0.295. The Bertz CT molecular complexity index is 609. The minimum atomic E-state index is -0.791. The summed E-state index contributed by atoms with van der Waals surface area (Å²) in [6, 6.07) is 12.4. The molecule has 1 aliphatic heterocycles. The molecule has 0 aliphatic carbocycles. The maximum absolute atomic E-state index is 13.4. The molecule has 1 atom stereocenters. The predicted octanol–water partition coefficient (Wildman–Crippen LogP) is 3.54.